The molecule has 0 unspecified atom stereocenters. The molecule has 0 aromatic heterocycles. The molecule has 0 bridgehead atoms. The first kappa shape index (κ1) is 18.8. The zero-order chi connectivity index (χ0) is 18.6. The van der Waals surface area contributed by atoms with Gasteiger partial charge in [0.2, 0.25) is 5.91 Å². The lowest BCUT2D eigenvalue weighted by molar-refractivity contribution is -0.144. The molecule has 1 amide bonds. The number of ether oxygens (including phenoxy) is 1. The second kappa shape index (κ2) is 8.16. The van der Waals surface area contributed by atoms with Crippen LogP contribution in [-0.4, -0.2) is 36.7 Å². The van der Waals surface area contributed by atoms with Crippen molar-refractivity contribution < 1.29 is 23.8 Å². The van der Waals surface area contributed by atoms with Gasteiger partial charge in [-0.05, 0) is 56.2 Å². The predicted molar refractivity (Wildman–Crippen MR) is 94.2 cm³/mol. The molecule has 26 heavy (non-hydrogen) atoms. The van der Waals surface area contributed by atoms with Gasteiger partial charge in [0.05, 0.1) is 5.92 Å². The maximum atomic E-state index is 13.3. The number of rotatable bonds is 5. The van der Waals surface area contributed by atoms with Gasteiger partial charge in [-0.3, -0.25) is 9.59 Å². The highest BCUT2D eigenvalue weighted by Crippen LogP contribution is 2.35. The molecule has 0 radical (unpaired) electrons. The molecular formula is C20H26FNO4. The fourth-order valence-corrected chi connectivity index (χ4v) is 4.14. The van der Waals surface area contributed by atoms with E-state index in [2.05, 4.69) is 5.32 Å². The number of hydrogen-bond donors (Lipinski definition) is 2. The molecule has 1 saturated heterocycles. The number of carboxylic acids is 1. The summed E-state index contributed by atoms with van der Waals surface area (Å²) in [5.74, 6) is -1.46. The number of halogens is 1. The maximum Gasteiger partial charge on any atom is 0.306 e. The van der Waals surface area contributed by atoms with E-state index in [1.165, 1.54) is 12.1 Å². The number of amides is 1. The van der Waals surface area contributed by atoms with Crippen molar-refractivity contribution in [2.75, 3.05) is 19.8 Å². The van der Waals surface area contributed by atoms with Gasteiger partial charge in [-0.2, -0.15) is 0 Å². The van der Waals surface area contributed by atoms with Crippen molar-refractivity contribution in [2.45, 2.75) is 43.9 Å². The van der Waals surface area contributed by atoms with Gasteiger partial charge in [0.25, 0.3) is 0 Å². The minimum Gasteiger partial charge on any atom is -0.481 e. The monoisotopic (exact) mass is 363 g/mol. The summed E-state index contributed by atoms with van der Waals surface area (Å²) in [6.07, 6.45) is 3.93. The van der Waals surface area contributed by atoms with Gasteiger partial charge < -0.3 is 15.2 Å². The Morgan fingerprint density at radius 3 is 2.23 bits per heavy atom. The van der Waals surface area contributed by atoms with Crippen molar-refractivity contribution in [3.05, 3.63) is 35.6 Å². The first-order chi connectivity index (χ1) is 12.5. The van der Waals surface area contributed by atoms with E-state index in [0.717, 1.165) is 18.4 Å². The summed E-state index contributed by atoms with van der Waals surface area (Å²) < 4.78 is 18.8. The molecule has 2 aliphatic rings. The Kier molecular flexibility index (Phi) is 5.91. The topological polar surface area (TPSA) is 75.6 Å². The number of benzene rings is 1. The summed E-state index contributed by atoms with van der Waals surface area (Å²) >= 11 is 0. The van der Waals surface area contributed by atoms with E-state index in [-0.39, 0.29) is 29.0 Å². The Morgan fingerprint density at radius 2 is 1.65 bits per heavy atom. The lowest BCUT2D eigenvalue weighted by atomic mass is 9.74. The molecule has 1 aliphatic carbocycles. The average molecular weight is 363 g/mol. The Bertz CT molecular complexity index is 632. The first-order valence-corrected chi connectivity index (χ1v) is 9.34. The van der Waals surface area contributed by atoms with Crippen molar-refractivity contribution in [1.82, 2.24) is 5.32 Å². The van der Waals surface area contributed by atoms with Gasteiger partial charge in [0, 0.05) is 31.1 Å². The first-order valence-electron chi connectivity index (χ1n) is 9.34. The van der Waals surface area contributed by atoms with Crippen LogP contribution in [0.1, 0.15) is 44.1 Å². The molecule has 0 atom stereocenters. The molecule has 142 valence electrons. The van der Waals surface area contributed by atoms with E-state index >= 15 is 0 Å². The average Bonchev–Trinajstić information content (AvgIpc) is 2.67. The minimum atomic E-state index is -0.763. The van der Waals surface area contributed by atoms with E-state index in [1.807, 2.05) is 0 Å². The van der Waals surface area contributed by atoms with Crippen LogP contribution in [0, 0.1) is 17.7 Å². The molecule has 1 aromatic carbocycles. The molecule has 2 N–H and O–H groups in total. The highest BCUT2D eigenvalue weighted by Gasteiger charge is 2.36. The maximum absolute atomic E-state index is 13.3. The van der Waals surface area contributed by atoms with Gasteiger partial charge in [-0.15, -0.1) is 0 Å². The third kappa shape index (κ3) is 4.23. The van der Waals surface area contributed by atoms with Crippen LogP contribution >= 0.6 is 0 Å². The Morgan fingerprint density at radius 1 is 1.08 bits per heavy atom. The van der Waals surface area contributed by atoms with E-state index < -0.39 is 5.97 Å². The van der Waals surface area contributed by atoms with Crippen LogP contribution in [0.2, 0.25) is 0 Å². The lowest BCUT2D eigenvalue weighted by Gasteiger charge is -2.38. The third-order valence-corrected chi connectivity index (χ3v) is 5.95. The van der Waals surface area contributed by atoms with E-state index in [0.29, 0.717) is 45.4 Å². The fraction of sp³-hybridized carbons (Fsp3) is 0.600. The number of carbonyl (C=O) groups is 2. The van der Waals surface area contributed by atoms with E-state index in [9.17, 15) is 14.0 Å². The van der Waals surface area contributed by atoms with Gasteiger partial charge in [0.1, 0.15) is 5.82 Å². The number of aliphatic carboxylic acids is 1. The molecule has 0 spiro atoms. The Labute approximate surface area is 152 Å². The Balaban J connectivity index is 1.62. The number of nitrogens with one attached hydrogen (secondary N) is 1. The fourth-order valence-electron chi connectivity index (χ4n) is 4.14. The molecule has 2 fully saturated rings. The largest absolute Gasteiger partial charge is 0.481 e. The molecule has 1 heterocycles. The summed E-state index contributed by atoms with van der Waals surface area (Å²) in [5, 5.41) is 12.2. The zero-order valence-electron chi connectivity index (χ0n) is 14.9. The van der Waals surface area contributed by atoms with Crippen molar-refractivity contribution in [2.24, 2.45) is 11.8 Å². The van der Waals surface area contributed by atoms with Crippen molar-refractivity contribution in [3.63, 3.8) is 0 Å². The minimum absolute atomic E-state index is 0.00168. The third-order valence-electron chi connectivity index (χ3n) is 5.95. The van der Waals surface area contributed by atoms with Crippen LogP contribution in [0.3, 0.4) is 0 Å². The Hall–Kier alpha value is -1.95. The smallest absolute Gasteiger partial charge is 0.306 e. The quantitative estimate of drug-likeness (QED) is 0.843. The van der Waals surface area contributed by atoms with E-state index in [1.54, 1.807) is 12.1 Å². The summed E-state index contributed by atoms with van der Waals surface area (Å²) in [5.41, 5.74) is 0.789. The standard InChI is InChI=1S/C20H26FNO4/c21-17-7-5-16(6-8-17)20(9-11-26-12-10-20)13-22-18(23)14-1-3-15(4-2-14)19(24)25/h5-8,14-15H,1-4,9-13H2,(H,22,23)(H,24,25). The number of hydrogen-bond acceptors (Lipinski definition) is 3. The van der Waals surface area contributed by atoms with Crippen LogP contribution in [0.5, 0.6) is 0 Å². The van der Waals surface area contributed by atoms with Gasteiger partial charge >= 0.3 is 5.97 Å². The molecule has 3 rings (SSSR count). The van der Waals surface area contributed by atoms with Crippen molar-refractivity contribution in [3.8, 4) is 0 Å². The van der Waals surface area contributed by atoms with Crippen LogP contribution in [0.15, 0.2) is 24.3 Å². The summed E-state index contributed by atoms with van der Waals surface area (Å²) in [6, 6.07) is 6.51. The van der Waals surface area contributed by atoms with Gasteiger partial charge in [-0.1, -0.05) is 12.1 Å². The van der Waals surface area contributed by atoms with Crippen LogP contribution in [-0.2, 0) is 19.7 Å². The molecular weight excluding hydrogens is 337 g/mol. The van der Waals surface area contributed by atoms with Gasteiger partial charge in [-0.25, -0.2) is 4.39 Å². The summed E-state index contributed by atoms with van der Waals surface area (Å²) in [7, 11) is 0. The molecule has 1 aromatic rings. The van der Waals surface area contributed by atoms with Crippen LogP contribution in [0.25, 0.3) is 0 Å². The molecule has 1 saturated carbocycles. The predicted octanol–water partition coefficient (Wildman–Crippen LogP) is 2.88. The normalized spacial score (nSPS) is 25.4. The summed E-state index contributed by atoms with van der Waals surface area (Å²) in [4.78, 5) is 23.6. The number of carboxylic acid groups (broad SMARTS) is 1. The van der Waals surface area contributed by atoms with Crippen molar-refractivity contribution in [1.29, 1.82) is 0 Å². The van der Waals surface area contributed by atoms with Gasteiger partial charge in [0.15, 0.2) is 0 Å². The molecule has 6 heteroatoms. The number of carbonyl (C=O) groups excluding carboxylic acids is 1. The molecule has 5 nitrogen and oxygen atoms in total. The SMILES string of the molecule is O=C(O)C1CCC(C(=O)NCC2(c3ccc(F)cc3)CCOCC2)CC1. The van der Waals surface area contributed by atoms with Crippen molar-refractivity contribution >= 4 is 11.9 Å². The lowest BCUT2D eigenvalue weighted by Crippen LogP contribution is -2.46. The summed E-state index contributed by atoms with van der Waals surface area (Å²) in [6.45, 7) is 1.74. The van der Waals surface area contributed by atoms with E-state index in [4.69, 9.17) is 9.84 Å². The second-order valence-corrected chi connectivity index (χ2v) is 7.50. The zero-order valence-corrected chi connectivity index (χ0v) is 14.9. The highest BCUT2D eigenvalue weighted by atomic mass is 19.1. The van der Waals surface area contributed by atoms with Crippen LogP contribution < -0.4 is 5.32 Å². The highest BCUT2D eigenvalue weighted by molar-refractivity contribution is 5.79. The van der Waals surface area contributed by atoms with Crippen LogP contribution in [0.4, 0.5) is 4.39 Å². The molecule has 1 aliphatic heterocycles. The second-order valence-electron chi connectivity index (χ2n) is 7.50.